The van der Waals surface area contributed by atoms with E-state index >= 15 is 0 Å². The van der Waals surface area contributed by atoms with Crippen LogP contribution in [0.25, 0.3) is 10.9 Å². The van der Waals surface area contributed by atoms with Gasteiger partial charge in [-0.15, -0.1) is 0 Å². The molecule has 1 aliphatic heterocycles. The molecule has 0 atom stereocenters. The maximum atomic E-state index is 12.4. The zero-order chi connectivity index (χ0) is 18.1. The molecule has 1 N–H and O–H groups in total. The standard InChI is InChI=1S/C22H25N3O/c1-16-8-9-20-18(14-16)19-15-24(2)12-10-21(19)25(20)13-11-22(26)23-17-6-4-3-5-7-17/h3-9,14H,10-13,15H2,1-2H3,(H,23,26). The third kappa shape index (κ3) is 3.25. The number of aromatic nitrogens is 1. The molecule has 0 saturated heterocycles. The Bertz CT molecular complexity index is 943. The molecule has 0 saturated carbocycles. The third-order valence-electron chi connectivity index (χ3n) is 5.22. The number of nitrogens with one attached hydrogen (secondary N) is 1. The van der Waals surface area contributed by atoms with Gasteiger partial charge in [-0.1, -0.05) is 29.8 Å². The second kappa shape index (κ2) is 6.96. The zero-order valence-corrected chi connectivity index (χ0v) is 15.5. The fourth-order valence-electron chi connectivity index (χ4n) is 3.91. The number of hydrogen-bond donors (Lipinski definition) is 1. The van der Waals surface area contributed by atoms with Crippen molar-refractivity contribution in [1.29, 1.82) is 0 Å². The van der Waals surface area contributed by atoms with E-state index in [1.165, 1.54) is 27.7 Å². The molecule has 2 heterocycles. The zero-order valence-electron chi connectivity index (χ0n) is 15.5. The summed E-state index contributed by atoms with van der Waals surface area (Å²) in [6.45, 7) is 4.91. The monoisotopic (exact) mass is 347 g/mol. The molecule has 4 heteroatoms. The van der Waals surface area contributed by atoms with Crippen molar-refractivity contribution in [3.8, 4) is 0 Å². The molecule has 4 nitrogen and oxygen atoms in total. The van der Waals surface area contributed by atoms with Gasteiger partial charge in [0.25, 0.3) is 0 Å². The highest BCUT2D eigenvalue weighted by molar-refractivity contribution is 5.91. The van der Waals surface area contributed by atoms with Crippen LogP contribution in [0.3, 0.4) is 0 Å². The van der Waals surface area contributed by atoms with E-state index in [1.807, 2.05) is 30.3 Å². The molecule has 2 aromatic carbocycles. The lowest BCUT2D eigenvalue weighted by molar-refractivity contribution is -0.116. The van der Waals surface area contributed by atoms with Gasteiger partial charge in [0.2, 0.25) is 5.91 Å². The summed E-state index contributed by atoms with van der Waals surface area (Å²) in [5.41, 5.74) is 6.22. The first kappa shape index (κ1) is 16.9. The predicted molar refractivity (Wildman–Crippen MR) is 106 cm³/mol. The van der Waals surface area contributed by atoms with Gasteiger partial charge in [-0.25, -0.2) is 0 Å². The van der Waals surface area contributed by atoms with E-state index in [1.54, 1.807) is 0 Å². The first-order valence-electron chi connectivity index (χ1n) is 9.26. The van der Waals surface area contributed by atoms with Gasteiger partial charge < -0.3 is 14.8 Å². The molecule has 26 heavy (non-hydrogen) atoms. The number of fused-ring (bicyclic) bond motifs is 3. The van der Waals surface area contributed by atoms with Gasteiger partial charge in [0, 0.05) is 54.8 Å². The molecule has 0 aliphatic carbocycles. The van der Waals surface area contributed by atoms with Crippen molar-refractivity contribution in [2.24, 2.45) is 0 Å². The molecule has 1 aromatic heterocycles. The van der Waals surface area contributed by atoms with Gasteiger partial charge in [0.05, 0.1) is 0 Å². The molecule has 0 radical (unpaired) electrons. The Hall–Kier alpha value is -2.59. The molecule has 4 rings (SSSR count). The fraction of sp³-hybridized carbons (Fsp3) is 0.318. The number of aryl methyl sites for hydroxylation is 2. The lowest BCUT2D eigenvalue weighted by Gasteiger charge is -2.24. The van der Waals surface area contributed by atoms with E-state index in [0.717, 1.165) is 31.7 Å². The summed E-state index contributed by atoms with van der Waals surface area (Å²) in [7, 11) is 2.18. The van der Waals surface area contributed by atoms with Gasteiger partial charge in [-0.2, -0.15) is 0 Å². The number of carbonyl (C=O) groups excluding carboxylic acids is 1. The Labute approximate surface area is 154 Å². The summed E-state index contributed by atoms with van der Waals surface area (Å²) in [4.78, 5) is 14.8. The Morgan fingerprint density at radius 3 is 2.77 bits per heavy atom. The quantitative estimate of drug-likeness (QED) is 0.775. The van der Waals surface area contributed by atoms with Gasteiger partial charge in [-0.3, -0.25) is 4.79 Å². The number of carbonyl (C=O) groups is 1. The van der Waals surface area contributed by atoms with Crippen LogP contribution < -0.4 is 5.32 Å². The van der Waals surface area contributed by atoms with Crippen LogP contribution >= 0.6 is 0 Å². The molecular weight excluding hydrogens is 322 g/mol. The molecule has 0 fully saturated rings. The van der Waals surface area contributed by atoms with E-state index < -0.39 is 0 Å². The minimum Gasteiger partial charge on any atom is -0.344 e. The largest absolute Gasteiger partial charge is 0.344 e. The highest BCUT2D eigenvalue weighted by Crippen LogP contribution is 2.31. The normalized spacial score (nSPS) is 14.4. The van der Waals surface area contributed by atoms with Crippen LogP contribution in [-0.4, -0.2) is 29.0 Å². The van der Waals surface area contributed by atoms with Gasteiger partial charge in [0.1, 0.15) is 0 Å². The number of para-hydroxylation sites is 1. The van der Waals surface area contributed by atoms with Crippen molar-refractivity contribution < 1.29 is 4.79 Å². The van der Waals surface area contributed by atoms with Crippen LogP contribution in [0.4, 0.5) is 5.69 Å². The second-order valence-corrected chi connectivity index (χ2v) is 7.25. The predicted octanol–water partition coefficient (Wildman–Crippen LogP) is 3.97. The number of hydrogen-bond acceptors (Lipinski definition) is 2. The van der Waals surface area contributed by atoms with E-state index in [2.05, 4.69) is 47.0 Å². The number of likely N-dealkylation sites (N-methyl/N-ethyl adjacent to an activating group) is 1. The Balaban J connectivity index is 1.59. The Morgan fingerprint density at radius 2 is 1.96 bits per heavy atom. The number of anilines is 1. The van der Waals surface area contributed by atoms with Crippen molar-refractivity contribution in [2.45, 2.75) is 32.9 Å². The summed E-state index contributed by atoms with van der Waals surface area (Å²) in [6, 6.07) is 16.3. The van der Waals surface area contributed by atoms with Crippen molar-refractivity contribution in [3.63, 3.8) is 0 Å². The number of benzene rings is 2. The minimum absolute atomic E-state index is 0.0619. The lowest BCUT2D eigenvalue weighted by atomic mass is 10.0. The topological polar surface area (TPSA) is 37.3 Å². The molecule has 1 aliphatic rings. The van der Waals surface area contributed by atoms with Crippen LogP contribution in [0.15, 0.2) is 48.5 Å². The van der Waals surface area contributed by atoms with Crippen molar-refractivity contribution in [1.82, 2.24) is 9.47 Å². The SMILES string of the molecule is Cc1ccc2c(c1)c1c(n2CCC(=O)Nc2ccccc2)CCN(C)C1. The molecule has 0 bridgehead atoms. The van der Waals surface area contributed by atoms with Crippen LogP contribution in [0.1, 0.15) is 23.2 Å². The van der Waals surface area contributed by atoms with E-state index in [0.29, 0.717) is 6.42 Å². The second-order valence-electron chi connectivity index (χ2n) is 7.25. The van der Waals surface area contributed by atoms with Crippen LogP contribution in [-0.2, 0) is 24.3 Å². The van der Waals surface area contributed by atoms with Crippen LogP contribution in [0, 0.1) is 6.92 Å². The first-order chi connectivity index (χ1) is 12.6. The Morgan fingerprint density at radius 1 is 1.15 bits per heavy atom. The van der Waals surface area contributed by atoms with Crippen LogP contribution in [0.5, 0.6) is 0 Å². The van der Waals surface area contributed by atoms with Crippen LogP contribution in [0.2, 0.25) is 0 Å². The molecule has 134 valence electrons. The summed E-state index contributed by atoms with van der Waals surface area (Å²) in [5, 5.41) is 4.33. The van der Waals surface area contributed by atoms with Crippen molar-refractivity contribution >= 4 is 22.5 Å². The van der Waals surface area contributed by atoms with Gasteiger partial charge in [-0.05, 0) is 43.8 Å². The average molecular weight is 347 g/mol. The number of nitrogens with zero attached hydrogens (tertiary/aromatic N) is 2. The fourth-order valence-corrected chi connectivity index (χ4v) is 3.91. The smallest absolute Gasteiger partial charge is 0.226 e. The summed E-state index contributed by atoms with van der Waals surface area (Å²) >= 11 is 0. The van der Waals surface area contributed by atoms with Crippen molar-refractivity contribution in [3.05, 3.63) is 65.4 Å². The first-order valence-corrected chi connectivity index (χ1v) is 9.26. The molecule has 1 amide bonds. The maximum Gasteiger partial charge on any atom is 0.226 e. The minimum atomic E-state index is 0.0619. The van der Waals surface area contributed by atoms with Gasteiger partial charge >= 0.3 is 0 Å². The number of rotatable bonds is 4. The third-order valence-corrected chi connectivity index (χ3v) is 5.22. The van der Waals surface area contributed by atoms with E-state index in [4.69, 9.17) is 0 Å². The number of amides is 1. The summed E-state index contributed by atoms with van der Waals surface area (Å²) in [5.74, 6) is 0.0619. The molecule has 3 aromatic rings. The highest BCUT2D eigenvalue weighted by Gasteiger charge is 2.22. The summed E-state index contributed by atoms with van der Waals surface area (Å²) < 4.78 is 2.36. The lowest BCUT2D eigenvalue weighted by Crippen LogP contribution is -2.27. The molecule has 0 spiro atoms. The van der Waals surface area contributed by atoms with E-state index in [9.17, 15) is 4.79 Å². The molecule has 0 unspecified atom stereocenters. The Kier molecular flexibility index (Phi) is 4.51. The summed E-state index contributed by atoms with van der Waals surface area (Å²) in [6.07, 6.45) is 1.52. The maximum absolute atomic E-state index is 12.4. The van der Waals surface area contributed by atoms with Gasteiger partial charge in [0.15, 0.2) is 0 Å². The highest BCUT2D eigenvalue weighted by atomic mass is 16.1. The van der Waals surface area contributed by atoms with Crippen molar-refractivity contribution in [2.75, 3.05) is 18.9 Å². The molecular formula is C22H25N3O. The average Bonchev–Trinajstić information content (AvgIpc) is 2.93. The van der Waals surface area contributed by atoms with E-state index in [-0.39, 0.29) is 5.91 Å².